The molecule has 0 fully saturated rings. The standard InChI is InChI=1S/C25H25N3O3/c1-3-15-27(25(29)14-11-21-9-12-23(13-10-21)28(30)31)19-24-8-5-16-26(24)18-22-7-4-6-20(2)17-22/h3-14,16-17H,1,15,18-19H2,2H3. The Labute approximate surface area is 181 Å². The van der Waals surface area contributed by atoms with Crippen molar-refractivity contribution in [2.24, 2.45) is 0 Å². The molecule has 1 heterocycles. The molecule has 0 aliphatic carbocycles. The number of aryl methyl sites for hydroxylation is 1. The quantitative estimate of drug-likeness (QED) is 0.214. The summed E-state index contributed by atoms with van der Waals surface area (Å²) >= 11 is 0. The molecule has 0 bridgehead atoms. The summed E-state index contributed by atoms with van der Waals surface area (Å²) in [5.74, 6) is -0.151. The van der Waals surface area contributed by atoms with Crippen LogP contribution in [0.25, 0.3) is 6.08 Å². The van der Waals surface area contributed by atoms with Gasteiger partial charge in [-0.15, -0.1) is 6.58 Å². The molecule has 6 nitrogen and oxygen atoms in total. The molecule has 3 rings (SSSR count). The van der Waals surface area contributed by atoms with Crippen LogP contribution in [0.2, 0.25) is 0 Å². The van der Waals surface area contributed by atoms with Crippen molar-refractivity contribution >= 4 is 17.7 Å². The number of hydrogen-bond acceptors (Lipinski definition) is 3. The molecular formula is C25H25N3O3. The average molecular weight is 415 g/mol. The van der Waals surface area contributed by atoms with Crippen molar-refractivity contribution in [2.75, 3.05) is 6.54 Å². The Morgan fingerprint density at radius 2 is 1.94 bits per heavy atom. The van der Waals surface area contributed by atoms with E-state index in [-0.39, 0.29) is 11.6 Å². The van der Waals surface area contributed by atoms with Gasteiger partial charge in [0.05, 0.1) is 11.5 Å². The highest BCUT2D eigenvalue weighted by molar-refractivity contribution is 5.91. The van der Waals surface area contributed by atoms with Gasteiger partial charge in [0.15, 0.2) is 0 Å². The first-order valence-corrected chi connectivity index (χ1v) is 9.98. The molecule has 31 heavy (non-hydrogen) atoms. The molecule has 0 radical (unpaired) electrons. The Morgan fingerprint density at radius 1 is 1.16 bits per heavy atom. The number of carbonyl (C=O) groups excluding carboxylic acids is 1. The number of rotatable bonds is 9. The molecule has 0 atom stereocenters. The zero-order valence-corrected chi connectivity index (χ0v) is 17.5. The van der Waals surface area contributed by atoms with Gasteiger partial charge in [-0.05, 0) is 48.4 Å². The second kappa shape index (κ2) is 10.2. The van der Waals surface area contributed by atoms with E-state index in [1.54, 1.807) is 29.2 Å². The number of benzene rings is 2. The van der Waals surface area contributed by atoms with Crippen LogP contribution in [0.1, 0.15) is 22.4 Å². The third kappa shape index (κ3) is 6.02. The van der Waals surface area contributed by atoms with E-state index in [4.69, 9.17) is 0 Å². The van der Waals surface area contributed by atoms with Crippen LogP contribution in [0.4, 0.5) is 5.69 Å². The van der Waals surface area contributed by atoms with Gasteiger partial charge in [0.1, 0.15) is 0 Å². The Kier molecular flexibility index (Phi) is 7.17. The number of hydrogen-bond donors (Lipinski definition) is 0. The highest BCUT2D eigenvalue weighted by atomic mass is 16.6. The molecule has 0 spiro atoms. The predicted octanol–water partition coefficient (Wildman–Crippen LogP) is 4.98. The number of nitro groups is 1. The van der Waals surface area contributed by atoms with Crippen LogP contribution >= 0.6 is 0 Å². The van der Waals surface area contributed by atoms with Crippen molar-refractivity contribution in [3.05, 3.63) is 118 Å². The van der Waals surface area contributed by atoms with E-state index in [0.29, 0.717) is 13.1 Å². The van der Waals surface area contributed by atoms with E-state index in [9.17, 15) is 14.9 Å². The molecular weight excluding hydrogens is 390 g/mol. The van der Waals surface area contributed by atoms with Crippen molar-refractivity contribution in [3.63, 3.8) is 0 Å². The molecule has 0 aliphatic rings. The fourth-order valence-electron chi connectivity index (χ4n) is 3.32. The maximum Gasteiger partial charge on any atom is 0.269 e. The van der Waals surface area contributed by atoms with Gasteiger partial charge in [-0.3, -0.25) is 14.9 Å². The summed E-state index contributed by atoms with van der Waals surface area (Å²) in [4.78, 5) is 24.8. The monoisotopic (exact) mass is 415 g/mol. The van der Waals surface area contributed by atoms with E-state index < -0.39 is 4.92 Å². The number of aromatic nitrogens is 1. The van der Waals surface area contributed by atoms with Gasteiger partial charge in [0.2, 0.25) is 5.91 Å². The van der Waals surface area contributed by atoms with Crippen molar-refractivity contribution in [1.82, 2.24) is 9.47 Å². The molecule has 1 aromatic heterocycles. The molecule has 1 amide bonds. The highest BCUT2D eigenvalue weighted by Crippen LogP contribution is 2.15. The van der Waals surface area contributed by atoms with E-state index in [1.807, 2.05) is 24.4 Å². The summed E-state index contributed by atoms with van der Waals surface area (Å²) in [5, 5.41) is 10.8. The number of carbonyl (C=O) groups is 1. The topological polar surface area (TPSA) is 68.4 Å². The Balaban J connectivity index is 1.71. The molecule has 0 saturated heterocycles. The fourth-order valence-corrected chi connectivity index (χ4v) is 3.32. The third-order valence-electron chi connectivity index (χ3n) is 4.90. The highest BCUT2D eigenvalue weighted by Gasteiger charge is 2.13. The lowest BCUT2D eigenvalue weighted by atomic mass is 10.1. The third-order valence-corrected chi connectivity index (χ3v) is 4.90. The van der Waals surface area contributed by atoms with Crippen molar-refractivity contribution in [3.8, 4) is 0 Å². The maximum atomic E-state index is 12.8. The number of amides is 1. The predicted molar refractivity (Wildman–Crippen MR) is 122 cm³/mol. The first-order chi connectivity index (χ1) is 15.0. The molecule has 0 N–H and O–H groups in total. The largest absolute Gasteiger partial charge is 0.345 e. The lowest BCUT2D eigenvalue weighted by Crippen LogP contribution is -2.30. The van der Waals surface area contributed by atoms with Gasteiger partial charge >= 0.3 is 0 Å². The Hall–Kier alpha value is -3.93. The number of nitro benzene ring substituents is 1. The second-order valence-electron chi connectivity index (χ2n) is 7.31. The van der Waals surface area contributed by atoms with Gasteiger partial charge in [-0.1, -0.05) is 35.9 Å². The van der Waals surface area contributed by atoms with E-state index in [0.717, 1.165) is 17.8 Å². The minimum atomic E-state index is -0.448. The van der Waals surface area contributed by atoms with Crippen LogP contribution in [0.5, 0.6) is 0 Å². The summed E-state index contributed by atoms with van der Waals surface area (Å²) in [7, 11) is 0. The lowest BCUT2D eigenvalue weighted by molar-refractivity contribution is -0.384. The van der Waals surface area contributed by atoms with Crippen LogP contribution in [-0.4, -0.2) is 26.8 Å². The maximum absolute atomic E-state index is 12.8. The van der Waals surface area contributed by atoms with Gasteiger partial charge in [0.25, 0.3) is 5.69 Å². The van der Waals surface area contributed by atoms with Crippen LogP contribution in [0, 0.1) is 17.0 Å². The smallest absolute Gasteiger partial charge is 0.269 e. The number of nitrogens with zero attached hydrogens (tertiary/aromatic N) is 3. The SMILES string of the molecule is C=CCN(Cc1cccn1Cc1cccc(C)c1)C(=O)C=Cc1ccc([N+](=O)[O-])cc1. The van der Waals surface area contributed by atoms with Crippen LogP contribution in [-0.2, 0) is 17.9 Å². The van der Waals surface area contributed by atoms with E-state index in [2.05, 4.69) is 36.3 Å². The summed E-state index contributed by atoms with van der Waals surface area (Å²) < 4.78 is 2.14. The van der Waals surface area contributed by atoms with Crippen molar-refractivity contribution in [1.29, 1.82) is 0 Å². The summed E-state index contributed by atoms with van der Waals surface area (Å²) in [5.41, 5.74) is 4.19. The summed E-state index contributed by atoms with van der Waals surface area (Å²) in [6, 6.07) is 18.4. The zero-order valence-electron chi connectivity index (χ0n) is 17.5. The van der Waals surface area contributed by atoms with Crippen LogP contribution in [0.3, 0.4) is 0 Å². The average Bonchev–Trinajstić information content (AvgIpc) is 3.18. The minimum absolute atomic E-state index is 0.0196. The van der Waals surface area contributed by atoms with Crippen molar-refractivity contribution < 1.29 is 9.72 Å². The molecule has 3 aromatic rings. The van der Waals surface area contributed by atoms with Gasteiger partial charge in [-0.25, -0.2) is 0 Å². The van der Waals surface area contributed by atoms with E-state index >= 15 is 0 Å². The van der Waals surface area contributed by atoms with Crippen LogP contribution in [0.15, 0.2) is 85.6 Å². The molecule has 0 saturated carbocycles. The molecule has 0 unspecified atom stereocenters. The fraction of sp³-hybridized carbons (Fsp3) is 0.160. The molecule has 2 aromatic carbocycles. The zero-order chi connectivity index (χ0) is 22.2. The first kappa shape index (κ1) is 21.8. The molecule has 0 aliphatic heterocycles. The molecule has 6 heteroatoms. The van der Waals surface area contributed by atoms with Gasteiger partial charge in [-0.2, -0.15) is 0 Å². The van der Waals surface area contributed by atoms with Crippen LogP contribution < -0.4 is 0 Å². The van der Waals surface area contributed by atoms with Crippen molar-refractivity contribution in [2.45, 2.75) is 20.0 Å². The molecule has 158 valence electrons. The Bertz CT molecular complexity index is 1100. The summed E-state index contributed by atoms with van der Waals surface area (Å²) in [6.45, 7) is 7.44. The number of non-ortho nitro benzene ring substituents is 1. The van der Waals surface area contributed by atoms with Gasteiger partial charge < -0.3 is 9.47 Å². The lowest BCUT2D eigenvalue weighted by Gasteiger charge is -2.21. The second-order valence-corrected chi connectivity index (χ2v) is 7.31. The van der Waals surface area contributed by atoms with E-state index in [1.165, 1.54) is 29.3 Å². The Morgan fingerprint density at radius 3 is 2.61 bits per heavy atom. The normalized spacial score (nSPS) is 10.9. The first-order valence-electron chi connectivity index (χ1n) is 9.98. The minimum Gasteiger partial charge on any atom is -0.345 e. The van der Waals surface area contributed by atoms with Gasteiger partial charge in [0, 0.05) is 43.2 Å². The summed E-state index contributed by atoms with van der Waals surface area (Å²) in [6.07, 6.45) is 6.86.